The number of benzene rings is 2. The summed E-state index contributed by atoms with van der Waals surface area (Å²) in [6.07, 6.45) is 1.07. The third kappa shape index (κ3) is 3.83. The van der Waals surface area contributed by atoms with Crippen LogP contribution in [-0.2, 0) is 9.53 Å². The molecule has 1 aliphatic heterocycles. The molecule has 3 rings (SSSR count). The van der Waals surface area contributed by atoms with Gasteiger partial charge in [-0.1, -0.05) is 60.3 Å². The number of nitrogens with zero attached hydrogens (tertiary/aromatic N) is 1. The predicted octanol–water partition coefficient (Wildman–Crippen LogP) is 3.65. The Bertz CT molecular complexity index is 761. The number of thioether (sulfide) groups is 1. The van der Waals surface area contributed by atoms with E-state index in [4.69, 9.17) is 4.74 Å². The van der Waals surface area contributed by atoms with Crippen LogP contribution in [0.2, 0.25) is 0 Å². The quantitative estimate of drug-likeness (QED) is 0.456. The van der Waals surface area contributed by atoms with E-state index in [0.29, 0.717) is 4.91 Å². The van der Waals surface area contributed by atoms with E-state index in [0.717, 1.165) is 10.5 Å². The number of hydrogen-bond donors (Lipinski definition) is 0. The lowest BCUT2D eigenvalue weighted by Crippen LogP contribution is -2.25. The van der Waals surface area contributed by atoms with Gasteiger partial charge in [0.25, 0.3) is 0 Å². The monoisotopic (exact) mass is 341 g/mol. The number of hydrogen-bond acceptors (Lipinski definition) is 5. The Morgan fingerprint density at radius 2 is 1.71 bits per heavy atom. The van der Waals surface area contributed by atoms with E-state index < -0.39 is 18.0 Å². The van der Waals surface area contributed by atoms with Crippen molar-refractivity contribution >= 4 is 17.7 Å². The van der Waals surface area contributed by atoms with Crippen molar-refractivity contribution in [1.82, 2.24) is 0 Å². The Hall–Kier alpha value is -2.60. The van der Waals surface area contributed by atoms with Gasteiger partial charge in [0.1, 0.15) is 6.10 Å². The largest absolute Gasteiger partial charge is 0.453 e. The summed E-state index contributed by atoms with van der Waals surface area (Å²) >= 11 is 1.31. The molecule has 0 unspecified atom stereocenters. The highest BCUT2D eigenvalue weighted by Gasteiger charge is 2.35. The van der Waals surface area contributed by atoms with Gasteiger partial charge in [-0.3, -0.25) is 10.1 Å². The molecular formula is C18H15NO4S. The molecule has 24 heavy (non-hydrogen) atoms. The van der Waals surface area contributed by atoms with E-state index in [9.17, 15) is 14.9 Å². The summed E-state index contributed by atoms with van der Waals surface area (Å²) in [6.45, 7) is -0.290. The number of carbonyl (C=O) groups is 1. The summed E-state index contributed by atoms with van der Waals surface area (Å²) in [7, 11) is 0. The van der Waals surface area contributed by atoms with Gasteiger partial charge < -0.3 is 4.74 Å². The normalized spacial score (nSPS) is 17.9. The summed E-state index contributed by atoms with van der Waals surface area (Å²) in [5.41, 5.74) is 0.786. The van der Waals surface area contributed by atoms with Crippen molar-refractivity contribution < 1.29 is 14.5 Å². The number of ether oxygens (including phenoxy) is 1. The fourth-order valence-corrected chi connectivity index (χ4v) is 3.46. The lowest BCUT2D eigenvalue weighted by molar-refractivity contribution is -0.484. The minimum absolute atomic E-state index is 0.290. The maximum atomic E-state index is 12.1. The van der Waals surface area contributed by atoms with Crippen LogP contribution in [0.15, 0.2) is 76.5 Å². The van der Waals surface area contributed by atoms with Crippen molar-refractivity contribution in [3.63, 3.8) is 0 Å². The van der Waals surface area contributed by atoms with Crippen LogP contribution in [0.25, 0.3) is 0 Å². The minimum atomic E-state index is -0.628. The number of rotatable bonds is 6. The summed E-state index contributed by atoms with van der Waals surface area (Å²) in [6, 6.07) is 18.6. The summed E-state index contributed by atoms with van der Waals surface area (Å²) in [4.78, 5) is 24.2. The Balaban J connectivity index is 1.83. The summed E-state index contributed by atoms with van der Waals surface area (Å²) in [5.74, 6) is -0.933. The average molecular weight is 341 g/mol. The van der Waals surface area contributed by atoms with Crippen LogP contribution in [0.1, 0.15) is 11.5 Å². The van der Waals surface area contributed by atoms with Crippen molar-refractivity contribution in [2.75, 3.05) is 6.54 Å². The summed E-state index contributed by atoms with van der Waals surface area (Å²) in [5, 5.41) is 11.0. The lowest BCUT2D eigenvalue weighted by Gasteiger charge is -2.18. The summed E-state index contributed by atoms with van der Waals surface area (Å²) < 4.78 is 5.41. The van der Waals surface area contributed by atoms with Gasteiger partial charge >= 0.3 is 5.97 Å². The van der Waals surface area contributed by atoms with Crippen LogP contribution < -0.4 is 0 Å². The molecule has 5 nitrogen and oxygen atoms in total. The SMILES string of the molecule is O=C1O[C@@H]([C@@H](C[N+](=O)[O-])c2ccccc2)C=C1Sc1ccccc1. The van der Waals surface area contributed by atoms with Crippen LogP contribution in [0.3, 0.4) is 0 Å². The minimum Gasteiger partial charge on any atom is -0.453 e. The number of carbonyl (C=O) groups excluding carboxylic acids is 1. The highest BCUT2D eigenvalue weighted by atomic mass is 32.2. The highest BCUT2D eigenvalue weighted by Crippen LogP contribution is 2.36. The first-order valence-electron chi connectivity index (χ1n) is 7.46. The molecule has 0 radical (unpaired) electrons. The van der Waals surface area contributed by atoms with E-state index in [-0.39, 0.29) is 11.5 Å². The Morgan fingerprint density at radius 1 is 1.08 bits per heavy atom. The van der Waals surface area contributed by atoms with Crippen molar-refractivity contribution in [3.8, 4) is 0 Å². The third-order valence-electron chi connectivity index (χ3n) is 3.70. The molecule has 1 aliphatic rings. The zero-order valence-corrected chi connectivity index (χ0v) is 13.5. The standard InChI is InChI=1S/C18H15NO4S/c20-18-17(24-14-9-5-2-6-10-14)11-16(23-18)15(12-19(21)22)13-7-3-1-4-8-13/h1-11,15-16H,12H2/t15-,16+/m0/s1. The maximum absolute atomic E-state index is 12.1. The van der Waals surface area contributed by atoms with Crippen LogP contribution in [0.4, 0.5) is 0 Å². The van der Waals surface area contributed by atoms with Gasteiger partial charge in [0.05, 0.1) is 10.8 Å². The Morgan fingerprint density at radius 3 is 2.33 bits per heavy atom. The molecule has 2 atom stereocenters. The molecule has 0 amide bonds. The second kappa shape index (κ2) is 7.31. The zero-order valence-electron chi connectivity index (χ0n) is 12.7. The molecule has 0 saturated carbocycles. The lowest BCUT2D eigenvalue weighted by atomic mass is 9.93. The van der Waals surface area contributed by atoms with Gasteiger partial charge in [-0.15, -0.1) is 0 Å². The fraction of sp³-hybridized carbons (Fsp3) is 0.167. The molecule has 0 spiro atoms. The second-order valence-electron chi connectivity index (χ2n) is 5.35. The highest BCUT2D eigenvalue weighted by molar-refractivity contribution is 8.04. The molecule has 2 aromatic carbocycles. The van der Waals surface area contributed by atoms with E-state index in [1.807, 2.05) is 60.7 Å². The molecule has 0 aromatic heterocycles. The van der Waals surface area contributed by atoms with Gasteiger partial charge in [-0.25, -0.2) is 4.79 Å². The average Bonchev–Trinajstić information content (AvgIpc) is 2.95. The molecule has 0 bridgehead atoms. The van der Waals surface area contributed by atoms with E-state index in [2.05, 4.69) is 0 Å². The predicted molar refractivity (Wildman–Crippen MR) is 91.3 cm³/mol. The molecule has 1 heterocycles. The van der Waals surface area contributed by atoms with Crippen LogP contribution in [0.5, 0.6) is 0 Å². The Labute approximate surface area is 143 Å². The van der Waals surface area contributed by atoms with Crippen molar-refractivity contribution in [1.29, 1.82) is 0 Å². The molecule has 0 aliphatic carbocycles. The van der Waals surface area contributed by atoms with Crippen LogP contribution >= 0.6 is 11.8 Å². The first-order chi connectivity index (χ1) is 11.6. The smallest absolute Gasteiger partial charge is 0.345 e. The van der Waals surface area contributed by atoms with Gasteiger partial charge in [-0.2, -0.15) is 0 Å². The maximum Gasteiger partial charge on any atom is 0.345 e. The molecule has 0 N–H and O–H groups in total. The topological polar surface area (TPSA) is 69.4 Å². The third-order valence-corrected chi connectivity index (χ3v) is 4.73. The molecule has 0 saturated heterocycles. The van der Waals surface area contributed by atoms with Crippen LogP contribution in [0, 0.1) is 10.1 Å². The molecule has 6 heteroatoms. The van der Waals surface area contributed by atoms with Gasteiger partial charge in [0, 0.05) is 9.82 Å². The van der Waals surface area contributed by atoms with Crippen molar-refractivity contribution in [2.24, 2.45) is 0 Å². The number of cyclic esters (lactones) is 1. The van der Waals surface area contributed by atoms with Crippen LogP contribution in [-0.4, -0.2) is 23.5 Å². The van der Waals surface area contributed by atoms with Gasteiger partial charge in [-0.05, 0) is 23.8 Å². The van der Waals surface area contributed by atoms with E-state index >= 15 is 0 Å². The fourth-order valence-electron chi connectivity index (χ4n) is 2.58. The molecular weight excluding hydrogens is 326 g/mol. The number of esters is 1. The first kappa shape index (κ1) is 16.3. The first-order valence-corrected chi connectivity index (χ1v) is 8.27. The zero-order chi connectivity index (χ0) is 16.9. The molecule has 122 valence electrons. The van der Waals surface area contributed by atoms with Gasteiger partial charge in [0.15, 0.2) is 0 Å². The molecule has 0 fully saturated rings. The number of nitro groups is 1. The van der Waals surface area contributed by atoms with E-state index in [1.54, 1.807) is 6.08 Å². The van der Waals surface area contributed by atoms with Crippen molar-refractivity contribution in [3.05, 3.63) is 87.3 Å². The second-order valence-corrected chi connectivity index (χ2v) is 6.46. The Kier molecular flexibility index (Phi) is 4.96. The van der Waals surface area contributed by atoms with E-state index in [1.165, 1.54) is 11.8 Å². The van der Waals surface area contributed by atoms with Gasteiger partial charge in [0.2, 0.25) is 6.54 Å². The van der Waals surface area contributed by atoms with Crippen molar-refractivity contribution in [2.45, 2.75) is 16.9 Å². The molecule has 2 aromatic rings.